The number of hydrogen-bond donors (Lipinski definition) is 5. The number of nitrogens with zero attached hydrogens (tertiary/aromatic N) is 1. The SMILES string of the molecule is CC(Oc1nc(-c2ccccc2)ccc1NCC(N)CS)C(=O)NC(Cc1ccccc1)C(=O)O. The van der Waals surface area contributed by atoms with Gasteiger partial charge in [0.15, 0.2) is 6.10 Å². The van der Waals surface area contributed by atoms with Gasteiger partial charge in [-0.2, -0.15) is 12.6 Å². The Kier molecular flexibility index (Phi) is 9.51. The number of nitrogens with one attached hydrogen (secondary N) is 2. The van der Waals surface area contributed by atoms with Gasteiger partial charge in [-0.25, -0.2) is 9.78 Å². The Hall–Kier alpha value is -3.56. The molecule has 2 aromatic carbocycles. The van der Waals surface area contributed by atoms with E-state index in [1.807, 2.05) is 72.8 Å². The number of thiol groups is 1. The molecule has 0 fully saturated rings. The molecule has 0 aliphatic carbocycles. The molecule has 0 spiro atoms. The normalized spacial score (nSPS) is 13.3. The number of anilines is 1. The largest absolute Gasteiger partial charge is 0.480 e. The number of amides is 1. The fourth-order valence-electron chi connectivity index (χ4n) is 3.30. The van der Waals surface area contributed by atoms with Crippen molar-refractivity contribution in [2.75, 3.05) is 17.6 Å². The lowest BCUT2D eigenvalue weighted by atomic mass is 10.1. The van der Waals surface area contributed by atoms with Crippen LogP contribution >= 0.6 is 12.6 Å². The van der Waals surface area contributed by atoms with Gasteiger partial charge in [-0.15, -0.1) is 0 Å². The quantitative estimate of drug-likeness (QED) is 0.245. The van der Waals surface area contributed by atoms with Crippen LogP contribution in [0, 0.1) is 0 Å². The van der Waals surface area contributed by atoms with E-state index < -0.39 is 24.0 Å². The number of rotatable bonds is 12. The predicted molar refractivity (Wildman–Crippen MR) is 140 cm³/mol. The minimum Gasteiger partial charge on any atom is -0.480 e. The van der Waals surface area contributed by atoms with E-state index in [0.717, 1.165) is 11.1 Å². The highest BCUT2D eigenvalue weighted by Gasteiger charge is 2.25. The molecule has 3 atom stereocenters. The highest BCUT2D eigenvalue weighted by molar-refractivity contribution is 7.80. The van der Waals surface area contributed by atoms with Crippen LogP contribution < -0.4 is 21.1 Å². The summed E-state index contributed by atoms with van der Waals surface area (Å²) in [4.78, 5) is 29.2. The van der Waals surface area contributed by atoms with Gasteiger partial charge in [0.2, 0.25) is 5.88 Å². The average Bonchev–Trinajstić information content (AvgIpc) is 2.88. The van der Waals surface area contributed by atoms with Crippen LogP contribution in [0.25, 0.3) is 11.3 Å². The van der Waals surface area contributed by atoms with Gasteiger partial charge in [0.05, 0.1) is 11.4 Å². The smallest absolute Gasteiger partial charge is 0.326 e. The van der Waals surface area contributed by atoms with E-state index in [1.165, 1.54) is 0 Å². The summed E-state index contributed by atoms with van der Waals surface area (Å²) < 4.78 is 5.93. The number of ether oxygens (including phenoxy) is 1. The van der Waals surface area contributed by atoms with Crippen molar-refractivity contribution in [3.63, 3.8) is 0 Å². The van der Waals surface area contributed by atoms with Crippen LogP contribution in [0.4, 0.5) is 5.69 Å². The second-order valence-electron chi connectivity index (χ2n) is 8.09. The maximum atomic E-state index is 12.9. The zero-order valence-corrected chi connectivity index (χ0v) is 20.3. The Bertz CT molecular complexity index is 1110. The first-order valence-corrected chi connectivity index (χ1v) is 11.9. The molecule has 0 radical (unpaired) electrons. The van der Waals surface area contributed by atoms with Crippen molar-refractivity contribution in [3.05, 3.63) is 78.4 Å². The maximum absolute atomic E-state index is 12.9. The first-order valence-electron chi connectivity index (χ1n) is 11.3. The molecule has 0 aliphatic heterocycles. The molecule has 35 heavy (non-hydrogen) atoms. The van der Waals surface area contributed by atoms with Crippen LogP contribution in [0.15, 0.2) is 72.8 Å². The molecule has 1 amide bonds. The third-order valence-electron chi connectivity index (χ3n) is 5.27. The van der Waals surface area contributed by atoms with E-state index >= 15 is 0 Å². The van der Waals surface area contributed by atoms with Gasteiger partial charge >= 0.3 is 5.97 Å². The molecule has 1 aromatic heterocycles. The van der Waals surface area contributed by atoms with Crippen molar-refractivity contribution in [2.24, 2.45) is 5.73 Å². The third-order valence-corrected chi connectivity index (χ3v) is 5.74. The molecule has 1 heterocycles. The number of carbonyl (C=O) groups is 2. The number of carbonyl (C=O) groups excluding carboxylic acids is 1. The molecule has 0 saturated carbocycles. The minimum atomic E-state index is -1.12. The number of aliphatic carboxylic acids is 1. The second-order valence-corrected chi connectivity index (χ2v) is 8.45. The Morgan fingerprint density at radius 2 is 1.71 bits per heavy atom. The first kappa shape index (κ1) is 26.1. The molecule has 5 N–H and O–H groups in total. The maximum Gasteiger partial charge on any atom is 0.326 e. The van der Waals surface area contributed by atoms with E-state index in [4.69, 9.17) is 10.5 Å². The molecule has 3 aromatic rings. The van der Waals surface area contributed by atoms with E-state index in [1.54, 1.807) is 6.92 Å². The van der Waals surface area contributed by atoms with E-state index in [9.17, 15) is 14.7 Å². The molecule has 0 bridgehead atoms. The standard InChI is InChI=1S/C26H30N4O4S/c1-17(24(31)29-23(26(32)33)14-18-8-4-2-5-9-18)34-25-22(28-15-20(27)16-35)13-12-21(30-25)19-10-6-3-7-11-19/h2-13,17,20,23,28,35H,14-16,27H2,1H3,(H,29,31)(H,32,33). The van der Waals surface area contributed by atoms with Gasteiger partial charge in [-0.05, 0) is 24.6 Å². The highest BCUT2D eigenvalue weighted by Crippen LogP contribution is 2.28. The number of hydrogen-bond acceptors (Lipinski definition) is 7. The number of aromatic nitrogens is 1. The predicted octanol–water partition coefficient (Wildman–Crippen LogP) is 3.00. The van der Waals surface area contributed by atoms with Crippen LogP contribution in [-0.2, 0) is 16.0 Å². The molecular weight excluding hydrogens is 464 g/mol. The van der Waals surface area contributed by atoms with Crippen molar-refractivity contribution >= 4 is 30.2 Å². The molecule has 8 nitrogen and oxygen atoms in total. The Morgan fingerprint density at radius 1 is 1.06 bits per heavy atom. The lowest BCUT2D eigenvalue weighted by Gasteiger charge is -2.21. The summed E-state index contributed by atoms with van der Waals surface area (Å²) in [5.74, 6) is -0.967. The van der Waals surface area contributed by atoms with Crippen molar-refractivity contribution in [3.8, 4) is 17.1 Å². The Labute approximate surface area is 210 Å². The van der Waals surface area contributed by atoms with E-state index in [-0.39, 0.29) is 18.3 Å². The molecule has 0 aliphatic rings. The molecule has 0 saturated heterocycles. The second kappa shape index (κ2) is 12.8. The van der Waals surface area contributed by atoms with Crippen LogP contribution in [0.3, 0.4) is 0 Å². The lowest BCUT2D eigenvalue weighted by molar-refractivity contribution is -0.142. The van der Waals surface area contributed by atoms with Crippen LogP contribution in [0.1, 0.15) is 12.5 Å². The van der Waals surface area contributed by atoms with Gasteiger partial charge in [0.1, 0.15) is 6.04 Å². The molecule has 3 rings (SSSR count). The summed E-state index contributed by atoms with van der Waals surface area (Å²) >= 11 is 4.21. The summed E-state index contributed by atoms with van der Waals surface area (Å²) in [7, 11) is 0. The third kappa shape index (κ3) is 7.73. The van der Waals surface area contributed by atoms with Crippen molar-refractivity contribution in [1.29, 1.82) is 0 Å². The van der Waals surface area contributed by atoms with Crippen molar-refractivity contribution in [2.45, 2.75) is 31.5 Å². The zero-order valence-electron chi connectivity index (χ0n) is 19.4. The van der Waals surface area contributed by atoms with E-state index in [2.05, 4.69) is 28.2 Å². The fourth-order valence-corrected chi connectivity index (χ4v) is 3.43. The lowest BCUT2D eigenvalue weighted by Crippen LogP contribution is -2.47. The summed E-state index contributed by atoms with van der Waals surface area (Å²) in [5.41, 5.74) is 8.90. The molecule has 184 valence electrons. The summed E-state index contributed by atoms with van der Waals surface area (Å²) in [6, 6.07) is 21.1. The molecule has 9 heteroatoms. The molecule has 3 unspecified atom stereocenters. The first-order chi connectivity index (χ1) is 16.9. The van der Waals surface area contributed by atoms with Gasteiger partial charge in [-0.1, -0.05) is 60.7 Å². The van der Waals surface area contributed by atoms with Gasteiger partial charge in [0, 0.05) is 30.3 Å². The zero-order chi connectivity index (χ0) is 25.2. The van der Waals surface area contributed by atoms with Crippen LogP contribution in [-0.4, -0.2) is 52.5 Å². The van der Waals surface area contributed by atoms with Gasteiger partial charge in [0.25, 0.3) is 5.91 Å². The highest BCUT2D eigenvalue weighted by atomic mass is 32.1. The molecular formula is C26H30N4O4S. The van der Waals surface area contributed by atoms with Crippen molar-refractivity contribution in [1.82, 2.24) is 10.3 Å². The topological polar surface area (TPSA) is 127 Å². The summed E-state index contributed by atoms with van der Waals surface area (Å²) in [6.07, 6.45) is -0.838. The summed E-state index contributed by atoms with van der Waals surface area (Å²) in [6.45, 7) is 1.99. The van der Waals surface area contributed by atoms with E-state index in [0.29, 0.717) is 23.7 Å². The Morgan fingerprint density at radius 3 is 2.34 bits per heavy atom. The van der Waals surface area contributed by atoms with Crippen molar-refractivity contribution < 1.29 is 19.4 Å². The number of carboxylic acid groups (broad SMARTS) is 1. The number of pyridine rings is 1. The average molecular weight is 495 g/mol. The number of carboxylic acids is 1. The minimum absolute atomic E-state index is 0.158. The van der Waals surface area contributed by atoms with Gasteiger partial charge < -0.3 is 26.2 Å². The monoisotopic (exact) mass is 494 g/mol. The summed E-state index contributed by atoms with van der Waals surface area (Å²) in [5, 5.41) is 15.4. The van der Waals surface area contributed by atoms with Crippen LogP contribution in [0.5, 0.6) is 5.88 Å². The fraction of sp³-hybridized carbons (Fsp3) is 0.269. The number of nitrogens with two attached hydrogens (primary N) is 1. The Balaban J connectivity index is 1.77. The van der Waals surface area contributed by atoms with Gasteiger partial charge in [-0.3, -0.25) is 4.79 Å². The number of benzene rings is 2. The van der Waals surface area contributed by atoms with Crippen LogP contribution in [0.2, 0.25) is 0 Å².